The number of hydrogen-bond donors (Lipinski definition) is 0. The van der Waals surface area contributed by atoms with E-state index in [1.54, 1.807) is 19.4 Å². The minimum Gasteiger partial charge on any atom is -0.468 e. The molecular formula is C20H23N3O3. The number of amides is 1. The Hall–Kier alpha value is -2.86. The number of rotatable bonds is 6. The molecule has 0 aliphatic carbocycles. The molecule has 1 fully saturated rings. The normalized spacial score (nSPS) is 14.7. The van der Waals surface area contributed by atoms with E-state index in [0.29, 0.717) is 13.1 Å². The molecule has 1 aliphatic rings. The highest BCUT2D eigenvalue weighted by molar-refractivity contribution is 5.92. The summed E-state index contributed by atoms with van der Waals surface area (Å²) in [5.74, 6) is 1.73. The fourth-order valence-corrected chi connectivity index (χ4v) is 2.77. The fourth-order valence-electron chi connectivity index (χ4n) is 2.77. The number of nitrogens with zero attached hydrogens (tertiary/aromatic N) is 3. The van der Waals surface area contributed by atoms with Gasteiger partial charge in [-0.15, -0.1) is 0 Å². The molecular weight excluding hydrogens is 330 g/mol. The minimum absolute atomic E-state index is 0.0328. The highest BCUT2D eigenvalue weighted by Crippen LogP contribution is 2.15. The Morgan fingerprint density at radius 2 is 1.88 bits per heavy atom. The predicted molar refractivity (Wildman–Crippen MR) is 101 cm³/mol. The van der Waals surface area contributed by atoms with Crippen molar-refractivity contribution in [2.24, 2.45) is 0 Å². The summed E-state index contributed by atoms with van der Waals surface area (Å²) in [4.78, 5) is 20.8. The van der Waals surface area contributed by atoms with E-state index in [2.05, 4.69) is 9.88 Å². The lowest BCUT2D eigenvalue weighted by Gasteiger charge is -2.34. The van der Waals surface area contributed by atoms with Crippen molar-refractivity contribution in [1.82, 2.24) is 9.88 Å². The van der Waals surface area contributed by atoms with Gasteiger partial charge in [-0.05, 0) is 35.9 Å². The molecule has 6 heteroatoms. The second kappa shape index (κ2) is 9.01. The molecule has 0 atom stereocenters. The van der Waals surface area contributed by atoms with Crippen LogP contribution in [-0.4, -0.2) is 55.9 Å². The lowest BCUT2D eigenvalue weighted by Crippen LogP contribution is -2.48. The molecule has 26 heavy (non-hydrogen) atoms. The Kier molecular flexibility index (Phi) is 6.22. The first kappa shape index (κ1) is 17.9. The van der Waals surface area contributed by atoms with Gasteiger partial charge in [0.1, 0.15) is 11.6 Å². The molecule has 1 aromatic heterocycles. The van der Waals surface area contributed by atoms with Gasteiger partial charge in [0.25, 0.3) is 0 Å². The molecule has 3 rings (SSSR count). The van der Waals surface area contributed by atoms with Crippen LogP contribution in [0.4, 0.5) is 5.82 Å². The molecule has 0 radical (unpaired) electrons. The highest BCUT2D eigenvalue weighted by Gasteiger charge is 2.20. The van der Waals surface area contributed by atoms with Crippen LogP contribution in [0.5, 0.6) is 5.75 Å². The molecule has 0 saturated carbocycles. The molecule has 0 spiro atoms. The van der Waals surface area contributed by atoms with Crippen molar-refractivity contribution in [3.63, 3.8) is 0 Å². The zero-order chi connectivity index (χ0) is 18.2. The lowest BCUT2D eigenvalue weighted by molar-refractivity contribution is -0.126. The highest BCUT2D eigenvalue weighted by atomic mass is 16.7. The van der Waals surface area contributed by atoms with Crippen LogP contribution < -0.4 is 9.64 Å². The third-order valence-electron chi connectivity index (χ3n) is 4.21. The van der Waals surface area contributed by atoms with Crippen molar-refractivity contribution in [3.05, 3.63) is 60.3 Å². The lowest BCUT2D eigenvalue weighted by atomic mass is 10.2. The van der Waals surface area contributed by atoms with Crippen molar-refractivity contribution in [2.45, 2.75) is 0 Å². The molecule has 1 saturated heterocycles. The Balaban J connectivity index is 1.50. The summed E-state index contributed by atoms with van der Waals surface area (Å²) in [5.41, 5.74) is 0.954. The van der Waals surface area contributed by atoms with Crippen LogP contribution in [0.25, 0.3) is 6.08 Å². The van der Waals surface area contributed by atoms with Crippen LogP contribution in [0.3, 0.4) is 0 Å². The number of benzene rings is 1. The van der Waals surface area contributed by atoms with Gasteiger partial charge in [0.05, 0.1) is 0 Å². The number of anilines is 1. The van der Waals surface area contributed by atoms with E-state index in [1.165, 1.54) is 0 Å². The predicted octanol–water partition coefficient (Wildman–Crippen LogP) is 2.43. The van der Waals surface area contributed by atoms with Crippen LogP contribution in [0, 0.1) is 0 Å². The summed E-state index contributed by atoms with van der Waals surface area (Å²) in [6.45, 7) is 3.20. The monoisotopic (exact) mass is 353 g/mol. The van der Waals surface area contributed by atoms with Crippen molar-refractivity contribution in [2.75, 3.05) is 45.0 Å². The van der Waals surface area contributed by atoms with Crippen LogP contribution in [0.15, 0.2) is 54.7 Å². The van der Waals surface area contributed by atoms with E-state index in [0.717, 1.165) is 30.2 Å². The quantitative estimate of drug-likeness (QED) is 0.590. The number of pyridine rings is 1. The summed E-state index contributed by atoms with van der Waals surface area (Å²) in [6, 6.07) is 13.4. The van der Waals surface area contributed by atoms with Gasteiger partial charge >= 0.3 is 0 Å². The van der Waals surface area contributed by atoms with Gasteiger partial charge in [-0.25, -0.2) is 4.98 Å². The maximum Gasteiger partial charge on any atom is 0.246 e. The largest absolute Gasteiger partial charge is 0.468 e. The van der Waals surface area contributed by atoms with E-state index in [1.807, 2.05) is 53.4 Å². The van der Waals surface area contributed by atoms with Crippen LogP contribution in [0.1, 0.15) is 5.56 Å². The van der Waals surface area contributed by atoms with Gasteiger partial charge in [-0.2, -0.15) is 0 Å². The van der Waals surface area contributed by atoms with Crippen LogP contribution >= 0.6 is 0 Å². The van der Waals surface area contributed by atoms with Gasteiger partial charge in [0.15, 0.2) is 6.79 Å². The maximum atomic E-state index is 12.4. The number of methoxy groups -OCH3 is 1. The Morgan fingerprint density at radius 3 is 2.54 bits per heavy atom. The first-order valence-corrected chi connectivity index (χ1v) is 8.61. The average molecular weight is 353 g/mol. The molecule has 1 amide bonds. The smallest absolute Gasteiger partial charge is 0.246 e. The third kappa shape index (κ3) is 4.83. The first-order valence-electron chi connectivity index (χ1n) is 8.61. The minimum atomic E-state index is 0.0328. The van der Waals surface area contributed by atoms with Crippen molar-refractivity contribution < 1.29 is 14.3 Å². The molecule has 0 N–H and O–H groups in total. The average Bonchev–Trinajstić information content (AvgIpc) is 2.72. The second-order valence-electron chi connectivity index (χ2n) is 5.95. The summed E-state index contributed by atoms with van der Waals surface area (Å²) in [7, 11) is 1.58. The summed E-state index contributed by atoms with van der Waals surface area (Å²) in [5, 5.41) is 0. The number of hydrogen-bond acceptors (Lipinski definition) is 5. The van der Waals surface area contributed by atoms with Gasteiger partial charge < -0.3 is 19.3 Å². The molecule has 136 valence electrons. The Labute approximate surface area is 153 Å². The molecule has 2 heterocycles. The number of piperazine rings is 1. The molecule has 2 aromatic rings. The van der Waals surface area contributed by atoms with E-state index in [9.17, 15) is 4.79 Å². The van der Waals surface area contributed by atoms with Crippen LogP contribution in [0.2, 0.25) is 0 Å². The number of carbonyl (C=O) groups excluding carboxylic acids is 1. The maximum absolute atomic E-state index is 12.4. The standard InChI is InChI=1S/C20H23N3O3/c1-25-16-26-18-8-5-17(6-9-18)7-10-20(24)23-14-12-22(13-15-23)19-4-2-3-11-21-19/h2-11H,12-16H2,1H3/b10-7+. The Bertz CT molecular complexity index is 724. The van der Waals surface area contributed by atoms with E-state index < -0.39 is 0 Å². The molecule has 1 aliphatic heterocycles. The van der Waals surface area contributed by atoms with Crippen molar-refractivity contribution in [1.29, 1.82) is 0 Å². The molecule has 1 aromatic carbocycles. The van der Waals surface area contributed by atoms with Gasteiger partial charge in [-0.1, -0.05) is 18.2 Å². The van der Waals surface area contributed by atoms with Crippen LogP contribution in [-0.2, 0) is 9.53 Å². The van der Waals surface area contributed by atoms with E-state index in [-0.39, 0.29) is 12.7 Å². The Morgan fingerprint density at radius 1 is 1.12 bits per heavy atom. The third-order valence-corrected chi connectivity index (χ3v) is 4.21. The summed E-state index contributed by atoms with van der Waals surface area (Å²) in [6.07, 6.45) is 5.25. The van der Waals surface area contributed by atoms with Crippen molar-refractivity contribution in [3.8, 4) is 5.75 Å². The molecule has 0 unspecified atom stereocenters. The number of ether oxygens (including phenoxy) is 2. The number of aromatic nitrogens is 1. The number of carbonyl (C=O) groups is 1. The topological polar surface area (TPSA) is 54.9 Å². The van der Waals surface area contributed by atoms with Crippen molar-refractivity contribution >= 4 is 17.8 Å². The second-order valence-corrected chi connectivity index (χ2v) is 5.95. The van der Waals surface area contributed by atoms with Gasteiger partial charge in [0.2, 0.25) is 5.91 Å². The summed E-state index contributed by atoms with van der Waals surface area (Å²) < 4.78 is 10.2. The summed E-state index contributed by atoms with van der Waals surface area (Å²) >= 11 is 0. The molecule has 6 nitrogen and oxygen atoms in total. The fraction of sp³-hybridized carbons (Fsp3) is 0.300. The van der Waals surface area contributed by atoms with Gasteiger partial charge in [-0.3, -0.25) is 4.79 Å². The van der Waals surface area contributed by atoms with Gasteiger partial charge in [0, 0.05) is 45.6 Å². The first-order chi connectivity index (χ1) is 12.8. The molecule has 0 bridgehead atoms. The van der Waals surface area contributed by atoms with E-state index in [4.69, 9.17) is 9.47 Å². The van der Waals surface area contributed by atoms with E-state index >= 15 is 0 Å². The zero-order valence-corrected chi connectivity index (χ0v) is 14.9. The SMILES string of the molecule is COCOc1ccc(/C=C/C(=O)N2CCN(c3ccccn3)CC2)cc1. The zero-order valence-electron chi connectivity index (χ0n) is 14.9.